The molecule has 74 heavy (non-hydrogen) atoms. The van der Waals surface area contributed by atoms with Crippen LogP contribution in [0.2, 0.25) is 0 Å². The first-order valence-corrected chi connectivity index (χ1v) is 26.9. The van der Waals surface area contributed by atoms with E-state index in [4.69, 9.17) is 26.9 Å². The minimum atomic E-state index is 0.706. The minimum absolute atomic E-state index is 0.706. The largest absolute Gasteiger partial charge is 0.494 e. The lowest BCUT2D eigenvalue weighted by atomic mass is 9.84. The van der Waals surface area contributed by atoms with Crippen molar-refractivity contribution in [3.63, 3.8) is 0 Å². The normalized spacial score (nSPS) is 12.5. The van der Waals surface area contributed by atoms with Gasteiger partial charge in [-0.2, -0.15) is 17.5 Å². The Morgan fingerprint density at radius 1 is 0.351 bits per heavy atom. The van der Waals surface area contributed by atoms with Gasteiger partial charge >= 0.3 is 0 Å². The smallest absolute Gasteiger partial charge is 0.119 e. The molecule has 0 fully saturated rings. The Morgan fingerprint density at radius 3 is 0.932 bits per heavy atom. The topological polar surface area (TPSA) is 69.0 Å². The first-order chi connectivity index (χ1) is 36.7. The minimum Gasteiger partial charge on any atom is -0.494 e. The van der Waals surface area contributed by atoms with Gasteiger partial charge in [0.1, 0.15) is 33.9 Å². The van der Waals surface area contributed by atoms with Gasteiger partial charge in [-0.05, 0) is 115 Å². The molecular formula is C66H54N4O2S2. The Bertz CT molecular complexity index is 3420. The van der Waals surface area contributed by atoms with Crippen LogP contribution in [-0.2, 0) is 11.4 Å². The lowest BCUT2D eigenvalue weighted by molar-refractivity contribution is 0.309. The predicted octanol–water partition coefficient (Wildman–Crippen LogP) is 18.1. The fourth-order valence-electron chi connectivity index (χ4n) is 9.76. The van der Waals surface area contributed by atoms with E-state index in [-0.39, 0.29) is 0 Å². The number of aromatic nitrogens is 2. The van der Waals surface area contributed by atoms with Crippen LogP contribution in [0.5, 0.6) is 11.5 Å². The van der Waals surface area contributed by atoms with Crippen molar-refractivity contribution in [2.45, 2.75) is 39.5 Å². The summed E-state index contributed by atoms with van der Waals surface area (Å²) in [5, 5.41) is 0. The van der Waals surface area contributed by atoms with E-state index in [9.17, 15) is 0 Å². The van der Waals surface area contributed by atoms with Crippen LogP contribution < -0.4 is 9.47 Å². The molecule has 6 nitrogen and oxygen atoms in total. The molecule has 8 heteroatoms. The third-order valence-corrected chi connectivity index (χ3v) is 14.5. The van der Waals surface area contributed by atoms with E-state index in [1.165, 1.54) is 23.1 Å². The first-order valence-electron chi connectivity index (χ1n) is 25.5. The molecule has 0 spiro atoms. The molecular weight excluding hydrogens is 945 g/mol. The molecule has 1 aliphatic rings. The van der Waals surface area contributed by atoms with E-state index < -0.39 is 0 Å². The lowest BCUT2D eigenvalue weighted by Crippen LogP contribution is -1.99. The standard InChI is InChI=1S/C66H54N4O2S2/c1-3-5-43-71-55-39-35-51(36-40-55)59(47-23-15-9-16-24-47)57(45-19-11-7-12-20-45)49-27-31-53(32-28-49)61-63-65(69-73-67-63)62(66-64(61)68-74-70-66)54-33-29-50(30-34-54)58(46-21-13-8-14-22-46)60(48-25-17-10-18-26-48)52-37-41-56(42-38-52)72-44-6-4-2/h7-42H,3-6,43-44H2,1-2H3/b59-57+,60-58+. The molecule has 0 saturated heterocycles. The van der Waals surface area contributed by atoms with Crippen molar-refractivity contribution in [1.82, 2.24) is 8.75 Å². The second kappa shape index (κ2) is 22.6. The van der Waals surface area contributed by atoms with Crippen molar-refractivity contribution in [2.75, 3.05) is 13.2 Å². The summed E-state index contributed by atoms with van der Waals surface area (Å²) in [5.41, 5.74) is 20.6. The van der Waals surface area contributed by atoms with Gasteiger partial charge in [0.05, 0.1) is 36.3 Å². The van der Waals surface area contributed by atoms with Crippen LogP contribution in [0.1, 0.15) is 84.0 Å². The van der Waals surface area contributed by atoms with E-state index in [2.05, 4.69) is 232 Å². The summed E-state index contributed by atoms with van der Waals surface area (Å²) in [6, 6.07) is 77.4. The highest BCUT2D eigenvalue weighted by atomic mass is 32.1. The number of hydrogen-bond donors (Lipinski definition) is 0. The van der Waals surface area contributed by atoms with Gasteiger partial charge in [-0.15, -0.1) is 0 Å². The van der Waals surface area contributed by atoms with E-state index in [1.807, 2.05) is 0 Å². The quantitative estimate of drug-likeness (QED) is 0.0634. The van der Waals surface area contributed by atoms with Crippen LogP contribution in [0.3, 0.4) is 0 Å². The van der Waals surface area contributed by atoms with Crippen molar-refractivity contribution < 1.29 is 9.47 Å². The second-order valence-electron chi connectivity index (χ2n) is 18.2. The molecule has 0 radical (unpaired) electrons. The van der Waals surface area contributed by atoms with Crippen LogP contribution in [-0.4, -0.2) is 22.0 Å². The predicted molar refractivity (Wildman–Crippen MR) is 309 cm³/mol. The van der Waals surface area contributed by atoms with Gasteiger partial charge in [-0.25, -0.2) is 0 Å². The Labute approximate surface area is 441 Å². The zero-order valence-electron chi connectivity index (χ0n) is 41.4. The molecule has 0 unspecified atom stereocenters. The Hall–Kier alpha value is -8.30. The molecule has 0 saturated carbocycles. The van der Waals surface area contributed by atoms with Crippen LogP contribution in [0.25, 0.3) is 55.6 Å². The highest BCUT2D eigenvalue weighted by Gasteiger charge is 2.27. The Balaban J connectivity index is 1.000. The van der Waals surface area contributed by atoms with E-state index in [1.54, 1.807) is 0 Å². The lowest BCUT2D eigenvalue weighted by Gasteiger charge is -2.19. The molecule has 362 valence electrons. The molecule has 1 aliphatic heterocycles. The first kappa shape index (κ1) is 48.0. The summed E-state index contributed by atoms with van der Waals surface area (Å²) in [5.74, 6) is 1.75. The summed E-state index contributed by atoms with van der Waals surface area (Å²) in [4.78, 5) is 0. The maximum Gasteiger partial charge on any atom is 0.119 e. The van der Waals surface area contributed by atoms with Gasteiger partial charge in [0.15, 0.2) is 0 Å². The summed E-state index contributed by atoms with van der Waals surface area (Å²) >= 11 is 2.44. The van der Waals surface area contributed by atoms with Crippen LogP contribution in [0.4, 0.5) is 11.4 Å². The van der Waals surface area contributed by atoms with Crippen molar-refractivity contribution in [3.8, 4) is 33.8 Å². The highest BCUT2D eigenvalue weighted by Crippen LogP contribution is 2.52. The average molecular weight is 999 g/mol. The van der Waals surface area contributed by atoms with Gasteiger partial charge in [0.25, 0.3) is 0 Å². The number of rotatable bonds is 18. The van der Waals surface area contributed by atoms with Crippen LogP contribution >= 0.6 is 11.7 Å². The molecule has 0 aliphatic carbocycles. The van der Waals surface area contributed by atoms with E-state index in [0.717, 1.165) is 149 Å². The van der Waals surface area contributed by atoms with Crippen molar-refractivity contribution >= 4 is 67.8 Å². The third kappa shape index (κ3) is 10.1. The summed E-state index contributed by atoms with van der Waals surface area (Å²) < 4.78 is 32.1. The maximum atomic E-state index is 6.09. The fourth-order valence-corrected chi connectivity index (χ4v) is 10.9. The number of unbranched alkanes of at least 4 members (excludes halogenated alkanes) is 2. The molecule has 0 amide bonds. The van der Waals surface area contributed by atoms with Gasteiger partial charge in [0, 0.05) is 11.1 Å². The van der Waals surface area contributed by atoms with Gasteiger partial charge in [-0.1, -0.05) is 221 Å². The molecule has 0 N–H and O–H groups in total. The maximum absolute atomic E-state index is 6.09. The Kier molecular flexibility index (Phi) is 14.7. The Morgan fingerprint density at radius 2 is 0.635 bits per heavy atom. The van der Waals surface area contributed by atoms with Crippen molar-refractivity contribution in [1.29, 1.82) is 0 Å². The molecule has 1 aromatic heterocycles. The number of hydrogen-bond acceptors (Lipinski definition) is 7. The highest BCUT2D eigenvalue weighted by molar-refractivity contribution is 7.58. The molecule has 10 aromatic rings. The van der Waals surface area contributed by atoms with Gasteiger partial charge in [0.2, 0.25) is 0 Å². The molecule has 2 heterocycles. The van der Waals surface area contributed by atoms with Crippen LogP contribution in [0, 0.1) is 0 Å². The number of nitrogens with zero attached hydrogens (tertiary/aromatic N) is 4. The second-order valence-corrected chi connectivity index (χ2v) is 19.3. The third-order valence-electron chi connectivity index (χ3n) is 13.4. The van der Waals surface area contributed by atoms with Gasteiger partial charge in [-0.3, -0.25) is 0 Å². The number of fused-ring (bicyclic) bond motifs is 2. The summed E-state index contributed by atoms with van der Waals surface area (Å²) in [6.07, 6.45) is 4.23. The summed E-state index contributed by atoms with van der Waals surface area (Å²) in [6.45, 7) is 5.77. The van der Waals surface area contributed by atoms with Crippen molar-refractivity contribution in [3.05, 3.63) is 263 Å². The number of benzene rings is 9. The monoisotopic (exact) mass is 998 g/mol. The molecule has 0 bridgehead atoms. The van der Waals surface area contributed by atoms with E-state index in [0.29, 0.717) is 13.2 Å². The fraction of sp³-hybridized carbons (Fsp3) is 0.121. The molecule has 11 rings (SSSR count). The zero-order chi connectivity index (χ0) is 50.1. The van der Waals surface area contributed by atoms with Crippen LogP contribution in [0.15, 0.2) is 227 Å². The molecule has 9 aromatic carbocycles. The average Bonchev–Trinajstić information content (AvgIpc) is 4.17. The summed E-state index contributed by atoms with van der Waals surface area (Å²) in [7, 11) is 0. The number of ether oxygens (including phenoxy) is 2. The zero-order valence-corrected chi connectivity index (χ0v) is 43.1. The SMILES string of the molecule is CCCCOc1ccc(/C(=C(\c2ccccc2)c2ccc(-c3c4c(c(-c5ccc(/C(=C(\c6ccccc6)c6ccc(OCCCC)cc6)c6ccccc6)cc5)c5nsnc35)N=S=N4)cc2)c2ccccc2)cc1. The van der Waals surface area contributed by atoms with Crippen molar-refractivity contribution in [2.24, 2.45) is 8.73 Å². The molecule has 0 atom stereocenters. The van der Waals surface area contributed by atoms with E-state index >= 15 is 0 Å². The van der Waals surface area contributed by atoms with Gasteiger partial charge < -0.3 is 9.47 Å².